The van der Waals surface area contributed by atoms with Crippen LogP contribution in [0.25, 0.3) is 0 Å². The Bertz CT molecular complexity index is 566. The van der Waals surface area contributed by atoms with Crippen LogP contribution in [-0.4, -0.2) is 31.1 Å². The summed E-state index contributed by atoms with van der Waals surface area (Å²) in [6.45, 7) is 2.11. The number of nitrogens with one attached hydrogen (secondary N) is 1. The van der Waals surface area contributed by atoms with Crippen LogP contribution in [0.3, 0.4) is 0 Å². The van der Waals surface area contributed by atoms with Gasteiger partial charge in [0.05, 0.1) is 13.2 Å². The van der Waals surface area contributed by atoms with Crippen molar-refractivity contribution in [3.8, 4) is 0 Å². The maximum atomic E-state index is 13.2. The first-order chi connectivity index (χ1) is 10.6. The lowest BCUT2D eigenvalue weighted by Crippen LogP contribution is -2.46. The molecule has 0 saturated carbocycles. The van der Waals surface area contributed by atoms with E-state index < -0.39 is 31.3 Å². The van der Waals surface area contributed by atoms with Crippen molar-refractivity contribution in [2.75, 3.05) is 13.2 Å². The molecule has 1 atom stereocenters. The molecule has 1 amide bonds. The van der Waals surface area contributed by atoms with E-state index in [1.54, 1.807) is 5.32 Å². The number of alkyl halides is 3. The summed E-state index contributed by atoms with van der Waals surface area (Å²) in [5.41, 5.74) is -0.222. The zero-order valence-corrected chi connectivity index (χ0v) is 13.3. The van der Waals surface area contributed by atoms with Gasteiger partial charge in [-0.2, -0.15) is 13.2 Å². The van der Waals surface area contributed by atoms with Crippen molar-refractivity contribution in [3.63, 3.8) is 0 Å². The molecular formula is C13H16F4NO4P. The minimum Gasteiger partial charge on any atom is -0.330 e. The van der Waals surface area contributed by atoms with Crippen LogP contribution >= 0.6 is 7.60 Å². The number of benzene rings is 1. The average Bonchev–Trinajstić information content (AvgIpc) is 2.44. The van der Waals surface area contributed by atoms with Gasteiger partial charge in [-0.1, -0.05) is 0 Å². The molecule has 0 bridgehead atoms. The summed E-state index contributed by atoms with van der Waals surface area (Å²) in [5.74, 6) is -4.65. The zero-order valence-electron chi connectivity index (χ0n) is 12.4. The Hall–Kier alpha value is -1.44. The minimum absolute atomic E-state index is 0.222. The molecule has 0 heterocycles. The number of hydrogen-bond acceptors (Lipinski definition) is 4. The molecule has 130 valence electrons. The Morgan fingerprint density at radius 2 is 1.65 bits per heavy atom. The van der Waals surface area contributed by atoms with Crippen LogP contribution in [0, 0.1) is 5.82 Å². The highest BCUT2D eigenvalue weighted by Crippen LogP contribution is 2.56. The van der Waals surface area contributed by atoms with Gasteiger partial charge in [0, 0.05) is 5.56 Å². The summed E-state index contributed by atoms with van der Waals surface area (Å²) >= 11 is 0. The third kappa shape index (κ3) is 5.30. The SMILES string of the molecule is CCOP(=O)(OCC)[C@@H](NC(=O)c1ccc(F)cc1)C(F)(F)F. The summed E-state index contributed by atoms with van der Waals surface area (Å²) in [6.07, 6.45) is -5.06. The summed E-state index contributed by atoms with van der Waals surface area (Å²) < 4.78 is 74.0. The lowest BCUT2D eigenvalue weighted by atomic mass is 10.2. The number of amides is 1. The van der Waals surface area contributed by atoms with Crippen LogP contribution in [0.4, 0.5) is 17.6 Å². The quantitative estimate of drug-likeness (QED) is 0.597. The van der Waals surface area contributed by atoms with Crippen molar-refractivity contribution in [1.82, 2.24) is 5.32 Å². The van der Waals surface area contributed by atoms with Crippen LogP contribution in [0.2, 0.25) is 0 Å². The van der Waals surface area contributed by atoms with Crippen LogP contribution in [-0.2, 0) is 13.6 Å². The van der Waals surface area contributed by atoms with Gasteiger partial charge in [-0.25, -0.2) is 4.39 Å². The van der Waals surface area contributed by atoms with Gasteiger partial charge in [0.1, 0.15) is 5.82 Å². The lowest BCUT2D eigenvalue weighted by molar-refractivity contribution is -0.139. The molecule has 5 nitrogen and oxygen atoms in total. The largest absolute Gasteiger partial charge is 0.420 e. The van der Waals surface area contributed by atoms with Crippen molar-refractivity contribution >= 4 is 13.5 Å². The van der Waals surface area contributed by atoms with E-state index in [9.17, 15) is 26.9 Å². The normalized spacial score (nSPS) is 13.7. The Balaban J connectivity index is 3.09. The fourth-order valence-electron chi connectivity index (χ4n) is 1.70. The Morgan fingerprint density at radius 1 is 1.17 bits per heavy atom. The monoisotopic (exact) mass is 357 g/mol. The highest BCUT2D eigenvalue weighted by molar-refractivity contribution is 7.54. The van der Waals surface area contributed by atoms with E-state index >= 15 is 0 Å². The van der Waals surface area contributed by atoms with Gasteiger partial charge < -0.3 is 14.4 Å². The molecule has 0 spiro atoms. The number of carbonyl (C=O) groups is 1. The maximum absolute atomic E-state index is 13.2. The molecule has 1 N–H and O–H groups in total. The molecule has 10 heteroatoms. The van der Waals surface area contributed by atoms with Crippen molar-refractivity contribution in [1.29, 1.82) is 0 Å². The first kappa shape index (κ1) is 19.6. The Labute approximate surface area is 130 Å². The second-order valence-corrected chi connectivity index (χ2v) is 6.41. The fraction of sp³-hybridized carbons (Fsp3) is 0.462. The highest BCUT2D eigenvalue weighted by Gasteiger charge is 2.54. The summed E-state index contributed by atoms with van der Waals surface area (Å²) in [4.78, 5) is 11.9. The van der Waals surface area contributed by atoms with Crippen molar-refractivity contribution in [2.24, 2.45) is 0 Å². The van der Waals surface area contributed by atoms with Gasteiger partial charge in [0.25, 0.3) is 5.91 Å². The lowest BCUT2D eigenvalue weighted by Gasteiger charge is -2.28. The van der Waals surface area contributed by atoms with E-state index in [4.69, 9.17) is 0 Å². The predicted octanol–water partition coefficient (Wildman–Crippen LogP) is 3.71. The summed E-state index contributed by atoms with van der Waals surface area (Å²) in [6, 6.07) is 3.85. The first-order valence-corrected chi connectivity index (χ1v) is 8.27. The van der Waals surface area contributed by atoms with E-state index in [1.807, 2.05) is 0 Å². The van der Waals surface area contributed by atoms with Crippen LogP contribution in [0.1, 0.15) is 24.2 Å². The smallest absolute Gasteiger partial charge is 0.330 e. The highest BCUT2D eigenvalue weighted by atomic mass is 31.2. The van der Waals surface area contributed by atoms with E-state index in [-0.39, 0.29) is 18.8 Å². The van der Waals surface area contributed by atoms with Crippen molar-refractivity contribution < 1.29 is 36.0 Å². The van der Waals surface area contributed by atoms with E-state index in [0.717, 1.165) is 24.3 Å². The molecule has 1 rings (SSSR count). The molecule has 0 aromatic heterocycles. The van der Waals surface area contributed by atoms with Gasteiger partial charge >= 0.3 is 13.8 Å². The minimum atomic E-state index is -5.06. The first-order valence-electron chi connectivity index (χ1n) is 6.66. The molecule has 0 radical (unpaired) electrons. The Morgan fingerprint density at radius 3 is 2.04 bits per heavy atom. The van der Waals surface area contributed by atoms with Gasteiger partial charge in [-0.05, 0) is 38.1 Å². The third-order valence-corrected chi connectivity index (χ3v) is 4.91. The standard InChI is InChI=1S/C13H16F4NO4P/c1-3-21-23(20,22-4-2)12(13(15,16)17)18-11(19)9-5-7-10(14)8-6-9/h5-8,12H,3-4H2,1-2H3,(H,18,19)/t12-/m1/s1. The van der Waals surface area contributed by atoms with Crippen LogP contribution < -0.4 is 5.32 Å². The fourth-order valence-corrected chi connectivity index (χ4v) is 3.42. The second-order valence-electron chi connectivity index (χ2n) is 4.30. The summed E-state index contributed by atoms with van der Waals surface area (Å²) in [7, 11) is -4.67. The van der Waals surface area contributed by atoms with Gasteiger partial charge in [-0.15, -0.1) is 0 Å². The molecule has 0 fully saturated rings. The van der Waals surface area contributed by atoms with E-state index in [0.29, 0.717) is 0 Å². The van der Waals surface area contributed by atoms with Gasteiger partial charge in [-0.3, -0.25) is 9.36 Å². The molecule has 0 saturated heterocycles. The van der Waals surface area contributed by atoms with E-state index in [2.05, 4.69) is 9.05 Å². The Kier molecular flexibility index (Phi) is 6.73. The van der Waals surface area contributed by atoms with E-state index in [1.165, 1.54) is 13.8 Å². The predicted molar refractivity (Wildman–Crippen MR) is 74.6 cm³/mol. The van der Waals surface area contributed by atoms with Crippen LogP contribution in [0.5, 0.6) is 0 Å². The molecule has 0 aliphatic rings. The third-order valence-electron chi connectivity index (χ3n) is 2.62. The van der Waals surface area contributed by atoms with Crippen molar-refractivity contribution in [3.05, 3.63) is 35.6 Å². The molecule has 0 unspecified atom stereocenters. The zero-order chi connectivity index (χ0) is 17.7. The molecule has 0 aliphatic carbocycles. The molecule has 1 aromatic carbocycles. The molecule has 1 aromatic rings. The van der Waals surface area contributed by atoms with Gasteiger partial charge in [0.15, 0.2) is 0 Å². The number of halogens is 4. The topological polar surface area (TPSA) is 64.6 Å². The number of carbonyl (C=O) groups excluding carboxylic acids is 1. The van der Waals surface area contributed by atoms with Gasteiger partial charge in [0.2, 0.25) is 5.78 Å². The average molecular weight is 357 g/mol. The molecule has 0 aliphatic heterocycles. The molecule has 23 heavy (non-hydrogen) atoms. The summed E-state index contributed by atoms with van der Waals surface area (Å²) in [5, 5.41) is 1.60. The van der Waals surface area contributed by atoms with Crippen molar-refractivity contribution in [2.45, 2.75) is 25.8 Å². The second kappa shape index (κ2) is 7.90. The molecular weight excluding hydrogens is 341 g/mol. The number of hydrogen-bond donors (Lipinski definition) is 1. The number of rotatable bonds is 7. The maximum Gasteiger partial charge on any atom is 0.420 e. The van der Waals surface area contributed by atoms with Crippen LogP contribution in [0.15, 0.2) is 24.3 Å².